The molecule has 1 aliphatic rings. The highest BCUT2D eigenvalue weighted by Gasteiger charge is 2.23. The molecule has 2 atom stereocenters. The number of rotatable bonds is 4. The zero-order valence-electron chi connectivity index (χ0n) is 9.94. The van der Waals surface area contributed by atoms with Crippen molar-refractivity contribution >= 4 is 5.82 Å². The molecule has 1 N–H and O–H groups in total. The van der Waals surface area contributed by atoms with Crippen molar-refractivity contribution in [1.29, 1.82) is 0 Å². The van der Waals surface area contributed by atoms with Crippen LogP contribution in [0.1, 0.15) is 32.0 Å². The minimum atomic E-state index is 0.468. The van der Waals surface area contributed by atoms with Gasteiger partial charge in [-0.15, -0.1) is 0 Å². The molecule has 0 amide bonds. The van der Waals surface area contributed by atoms with E-state index in [1.54, 1.807) is 13.3 Å². The Morgan fingerprint density at radius 2 is 2.38 bits per heavy atom. The van der Waals surface area contributed by atoms with Gasteiger partial charge in [0.25, 0.3) is 0 Å². The van der Waals surface area contributed by atoms with E-state index in [0.717, 1.165) is 17.6 Å². The van der Waals surface area contributed by atoms with Gasteiger partial charge in [0.15, 0.2) is 5.82 Å². The van der Waals surface area contributed by atoms with E-state index in [9.17, 15) is 0 Å². The van der Waals surface area contributed by atoms with Crippen molar-refractivity contribution in [3.63, 3.8) is 0 Å². The Balaban J connectivity index is 2.00. The van der Waals surface area contributed by atoms with Crippen LogP contribution in [0.4, 0.5) is 5.82 Å². The van der Waals surface area contributed by atoms with Crippen LogP contribution in [0.25, 0.3) is 0 Å². The fourth-order valence-corrected chi connectivity index (χ4v) is 2.23. The number of hydrogen-bond acceptors (Lipinski definition) is 4. The van der Waals surface area contributed by atoms with Crippen molar-refractivity contribution in [2.45, 2.75) is 38.8 Å². The van der Waals surface area contributed by atoms with Gasteiger partial charge < -0.3 is 10.1 Å². The number of nitrogens with one attached hydrogen (secondary N) is 1. The van der Waals surface area contributed by atoms with Crippen molar-refractivity contribution in [2.24, 2.45) is 5.92 Å². The maximum absolute atomic E-state index is 5.02. The first kappa shape index (κ1) is 11.3. The molecule has 1 heterocycles. The summed E-state index contributed by atoms with van der Waals surface area (Å²) in [5, 5.41) is 3.48. The van der Waals surface area contributed by atoms with Crippen LogP contribution < -0.4 is 5.32 Å². The predicted molar refractivity (Wildman–Crippen MR) is 63.2 cm³/mol. The van der Waals surface area contributed by atoms with E-state index in [-0.39, 0.29) is 0 Å². The maximum atomic E-state index is 5.02. The lowest BCUT2D eigenvalue weighted by molar-refractivity contribution is 0.178. The van der Waals surface area contributed by atoms with Crippen LogP contribution in [0.15, 0.2) is 12.3 Å². The van der Waals surface area contributed by atoms with Crippen LogP contribution in [0.3, 0.4) is 0 Å². The standard InChI is InChI=1S/C12H19N3O/c1-9-4-3-5-10(9)14-11-6-7-13-12(15-11)8-16-2/h6-7,9-10H,3-5,8H2,1-2H3,(H,13,14,15). The largest absolute Gasteiger partial charge is 0.377 e. The first-order chi connectivity index (χ1) is 7.79. The second kappa shape index (κ2) is 5.25. The van der Waals surface area contributed by atoms with Gasteiger partial charge in [-0.05, 0) is 24.8 Å². The second-order valence-electron chi connectivity index (χ2n) is 4.45. The Hall–Kier alpha value is -1.16. The molecule has 16 heavy (non-hydrogen) atoms. The first-order valence-electron chi connectivity index (χ1n) is 5.87. The van der Waals surface area contributed by atoms with Gasteiger partial charge in [-0.1, -0.05) is 13.3 Å². The molecule has 1 aliphatic carbocycles. The Morgan fingerprint density at radius 3 is 3.06 bits per heavy atom. The molecule has 0 radical (unpaired) electrons. The molecule has 2 unspecified atom stereocenters. The lowest BCUT2D eigenvalue weighted by atomic mass is 10.1. The minimum absolute atomic E-state index is 0.468. The summed E-state index contributed by atoms with van der Waals surface area (Å²) in [7, 11) is 1.66. The molecule has 88 valence electrons. The zero-order valence-corrected chi connectivity index (χ0v) is 9.94. The monoisotopic (exact) mass is 221 g/mol. The predicted octanol–water partition coefficient (Wildman–Crippen LogP) is 2.22. The van der Waals surface area contributed by atoms with E-state index in [1.165, 1.54) is 19.3 Å². The topological polar surface area (TPSA) is 47.0 Å². The second-order valence-corrected chi connectivity index (χ2v) is 4.45. The van der Waals surface area contributed by atoms with Gasteiger partial charge in [-0.2, -0.15) is 0 Å². The first-order valence-corrected chi connectivity index (χ1v) is 5.87. The highest BCUT2D eigenvalue weighted by molar-refractivity contribution is 5.34. The fraction of sp³-hybridized carbons (Fsp3) is 0.667. The highest BCUT2D eigenvalue weighted by Crippen LogP contribution is 2.27. The lowest BCUT2D eigenvalue weighted by Crippen LogP contribution is -2.22. The summed E-state index contributed by atoms with van der Waals surface area (Å²) in [5.41, 5.74) is 0. The van der Waals surface area contributed by atoms with E-state index in [4.69, 9.17) is 4.74 Å². The third-order valence-electron chi connectivity index (χ3n) is 3.17. The fourth-order valence-electron chi connectivity index (χ4n) is 2.23. The number of ether oxygens (including phenoxy) is 1. The van der Waals surface area contributed by atoms with Crippen molar-refractivity contribution < 1.29 is 4.74 Å². The smallest absolute Gasteiger partial charge is 0.156 e. The molecule has 1 fully saturated rings. The van der Waals surface area contributed by atoms with Crippen LogP contribution >= 0.6 is 0 Å². The number of anilines is 1. The molecular formula is C12H19N3O. The van der Waals surface area contributed by atoms with Crippen LogP contribution in [-0.4, -0.2) is 23.1 Å². The molecule has 4 heteroatoms. The molecule has 1 aromatic heterocycles. The summed E-state index contributed by atoms with van der Waals surface area (Å²) < 4.78 is 5.02. The van der Waals surface area contributed by atoms with Gasteiger partial charge in [-0.25, -0.2) is 9.97 Å². The van der Waals surface area contributed by atoms with Gasteiger partial charge in [0.2, 0.25) is 0 Å². The van der Waals surface area contributed by atoms with Crippen LogP contribution in [0.2, 0.25) is 0 Å². The Bertz CT molecular complexity index is 343. The highest BCUT2D eigenvalue weighted by atomic mass is 16.5. The zero-order chi connectivity index (χ0) is 11.4. The van der Waals surface area contributed by atoms with Gasteiger partial charge in [0.1, 0.15) is 12.4 Å². The molecule has 0 bridgehead atoms. The number of nitrogens with zero attached hydrogens (tertiary/aromatic N) is 2. The van der Waals surface area contributed by atoms with Crippen LogP contribution in [-0.2, 0) is 11.3 Å². The third-order valence-corrected chi connectivity index (χ3v) is 3.17. The normalized spacial score (nSPS) is 24.6. The number of aromatic nitrogens is 2. The molecule has 2 rings (SSSR count). The Kier molecular flexibility index (Phi) is 3.72. The maximum Gasteiger partial charge on any atom is 0.156 e. The van der Waals surface area contributed by atoms with Crippen LogP contribution in [0, 0.1) is 5.92 Å². The Morgan fingerprint density at radius 1 is 1.50 bits per heavy atom. The molecule has 0 aromatic carbocycles. The summed E-state index contributed by atoms with van der Waals surface area (Å²) in [6.07, 6.45) is 5.65. The average Bonchev–Trinajstić information content (AvgIpc) is 2.66. The molecule has 4 nitrogen and oxygen atoms in total. The summed E-state index contributed by atoms with van der Waals surface area (Å²) in [6.45, 7) is 2.76. The SMILES string of the molecule is COCc1nccc(NC2CCCC2C)n1. The van der Waals surface area contributed by atoms with Gasteiger partial charge in [0, 0.05) is 19.3 Å². The summed E-state index contributed by atoms with van der Waals surface area (Å²) in [4.78, 5) is 8.56. The van der Waals surface area contributed by atoms with E-state index in [0.29, 0.717) is 12.6 Å². The molecule has 0 aliphatic heterocycles. The van der Waals surface area contributed by atoms with Gasteiger partial charge in [-0.3, -0.25) is 0 Å². The number of hydrogen-bond donors (Lipinski definition) is 1. The van der Waals surface area contributed by atoms with Gasteiger partial charge >= 0.3 is 0 Å². The summed E-state index contributed by atoms with van der Waals surface area (Å²) in [6, 6.07) is 2.48. The van der Waals surface area contributed by atoms with E-state index in [1.807, 2.05) is 6.07 Å². The molecule has 1 aromatic rings. The molecule has 0 saturated heterocycles. The minimum Gasteiger partial charge on any atom is -0.377 e. The molecule has 0 spiro atoms. The van der Waals surface area contributed by atoms with Crippen molar-refractivity contribution in [1.82, 2.24) is 9.97 Å². The summed E-state index contributed by atoms with van der Waals surface area (Å²) in [5.74, 6) is 2.39. The van der Waals surface area contributed by atoms with Crippen molar-refractivity contribution in [3.05, 3.63) is 18.1 Å². The lowest BCUT2D eigenvalue weighted by Gasteiger charge is -2.17. The van der Waals surface area contributed by atoms with Crippen molar-refractivity contribution in [3.8, 4) is 0 Å². The van der Waals surface area contributed by atoms with Crippen LogP contribution in [0.5, 0.6) is 0 Å². The quantitative estimate of drug-likeness (QED) is 0.847. The summed E-state index contributed by atoms with van der Waals surface area (Å²) >= 11 is 0. The average molecular weight is 221 g/mol. The number of methoxy groups -OCH3 is 1. The van der Waals surface area contributed by atoms with E-state index in [2.05, 4.69) is 22.2 Å². The molecule has 1 saturated carbocycles. The van der Waals surface area contributed by atoms with E-state index >= 15 is 0 Å². The molecular weight excluding hydrogens is 202 g/mol. The third kappa shape index (κ3) is 2.70. The van der Waals surface area contributed by atoms with Crippen molar-refractivity contribution in [2.75, 3.05) is 12.4 Å². The van der Waals surface area contributed by atoms with E-state index < -0.39 is 0 Å². The van der Waals surface area contributed by atoms with Gasteiger partial charge in [0.05, 0.1) is 0 Å². The Labute approximate surface area is 96.4 Å².